The molecule has 2 aromatic rings. The number of aromatic nitrogens is 4. The standard InChI is InChI=1S/C13H17N5O2/c1-13(19,8-4-3-5-8)12-17-11(18-20-12)9-6-10(14-2)16-7-15-9/h6-8,19H,3-5H2,1-2H3,(H,14,15,16). The van der Waals surface area contributed by atoms with Crippen LogP contribution in [0.25, 0.3) is 11.5 Å². The summed E-state index contributed by atoms with van der Waals surface area (Å²) in [5.41, 5.74) is -0.508. The van der Waals surface area contributed by atoms with Gasteiger partial charge in [0.1, 0.15) is 23.4 Å². The number of aliphatic hydroxyl groups is 1. The average molecular weight is 275 g/mol. The second kappa shape index (κ2) is 4.82. The maximum Gasteiger partial charge on any atom is 0.258 e. The zero-order valence-corrected chi connectivity index (χ0v) is 11.5. The lowest BCUT2D eigenvalue weighted by Crippen LogP contribution is -2.36. The van der Waals surface area contributed by atoms with Crippen LogP contribution in [0.4, 0.5) is 5.82 Å². The molecule has 1 saturated carbocycles. The molecule has 2 aromatic heterocycles. The Kier molecular flexibility index (Phi) is 3.13. The average Bonchev–Trinajstić information content (AvgIpc) is 2.86. The van der Waals surface area contributed by atoms with E-state index in [2.05, 4.69) is 25.4 Å². The number of hydrogen-bond donors (Lipinski definition) is 2. The van der Waals surface area contributed by atoms with E-state index in [9.17, 15) is 5.11 Å². The van der Waals surface area contributed by atoms with Crippen molar-refractivity contribution in [3.8, 4) is 11.5 Å². The van der Waals surface area contributed by atoms with Crippen molar-refractivity contribution in [1.29, 1.82) is 0 Å². The van der Waals surface area contributed by atoms with Crippen molar-refractivity contribution in [3.63, 3.8) is 0 Å². The van der Waals surface area contributed by atoms with E-state index in [-0.39, 0.29) is 11.8 Å². The third kappa shape index (κ3) is 2.14. The predicted molar refractivity (Wildman–Crippen MR) is 71.8 cm³/mol. The summed E-state index contributed by atoms with van der Waals surface area (Å²) < 4.78 is 5.22. The number of nitrogens with zero attached hydrogens (tertiary/aromatic N) is 4. The second-order valence-electron chi connectivity index (χ2n) is 5.24. The van der Waals surface area contributed by atoms with Crippen LogP contribution in [0.15, 0.2) is 16.9 Å². The fourth-order valence-electron chi connectivity index (χ4n) is 2.29. The Bertz CT molecular complexity index is 606. The summed E-state index contributed by atoms with van der Waals surface area (Å²) in [5, 5.41) is 17.4. The van der Waals surface area contributed by atoms with Gasteiger partial charge in [0.25, 0.3) is 5.89 Å². The highest BCUT2D eigenvalue weighted by Crippen LogP contribution is 2.41. The molecule has 0 aliphatic heterocycles. The Hall–Kier alpha value is -2.02. The van der Waals surface area contributed by atoms with Gasteiger partial charge in [-0.1, -0.05) is 11.6 Å². The predicted octanol–water partition coefficient (Wildman–Crippen LogP) is 1.58. The van der Waals surface area contributed by atoms with Crippen LogP contribution in [-0.4, -0.2) is 32.3 Å². The molecule has 0 bridgehead atoms. The van der Waals surface area contributed by atoms with E-state index in [1.165, 1.54) is 6.33 Å². The molecule has 2 N–H and O–H groups in total. The smallest absolute Gasteiger partial charge is 0.258 e. The summed E-state index contributed by atoms with van der Waals surface area (Å²) in [4.78, 5) is 12.4. The lowest BCUT2D eigenvalue weighted by molar-refractivity contribution is -0.0635. The lowest BCUT2D eigenvalue weighted by Gasteiger charge is -2.35. The third-order valence-corrected chi connectivity index (χ3v) is 3.91. The molecular weight excluding hydrogens is 258 g/mol. The van der Waals surface area contributed by atoms with Crippen LogP contribution in [0.2, 0.25) is 0 Å². The Balaban J connectivity index is 1.89. The largest absolute Gasteiger partial charge is 0.380 e. The Morgan fingerprint density at radius 2 is 2.20 bits per heavy atom. The molecule has 7 heteroatoms. The number of hydrogen-bond acceptors (Lipinski definition) is 7. The number of anilines is 1. The van der Waals surface area contributed by atoms with Crippen LogP contribution in [0.5, 0.6) is 0 Å². The minimum Gasteiger partial charge on any atom is -0.380 e. The van der Waals surface area contributed by atoms with E-state index >= 15 is 0 Å². The van der Waals surface area contributed by atoms with Gasteiger partial charge in [-0.3, -0.25) is 0 Å². The molecule has 1 aliphatic carbocycles. The van der Waals surface area contributed by atoms with Gasteiger partial charge in [-0.25, -0.2) is 9.97 Å². The molecule has 1 unspecified atom stereocenters. The Labute approximate surface area is 116 Å². The first-order valence-corrected chi connectivity index (χ1v) is 6.68. The molecule has 3 rings (SSSR count). The maximum atomic E-state index is 10.5. The van der Waals surface area contributed by atoms with Gasteiger partial charge in [-0.05, 0) is 25.7 Å². The minimum absolute atomic E-state index is 0.189. The van der Waals surface area contributed by atoms with Gasteiger partial charge in [-0.2, -0.15) is 4.98 Å². The molecule has 0 radical (unpaired) electrons. The van der Waals surface area contributed by atoms with Gasteiger partial charge < -0.3 is 14.9 Å². The molecule has 1 aliphatic rings. The van der Waals surface area contributed by atoms with Crippen molar-refractivity contribution in [2.45, 2.75) is 31.8 Å². The van der Waals surface area contributed by atoms with E-state index in [1.807, 2.05) is 0 Å². The van der Waals surface area contributed by atoms with E-state index in [1.54, 1.807) is 20.0 Å². The molecule has 1 fully saturated rings. The summed E-state index contributed by atoms with van der Waals surface area (Å²) in [7, 11) is 1.77. The van der Waals surface area contributed by atoms with Gasteiger partial charge in [0.15, 0.2) is 0 Å². The normalized spacial score (nSPS) is 18.4. The van der Waals surface area contributed by atoms with Gasteiger partial charge in [0.05, 0.1) is 0 Å². The summed E-state index contributed by atoms with van der Waals surface area (Å²) in [6.07, 6.45) is 4.55. The summed E-state index contributed by atoms with van der Waals surface area (Å²) in [6.45, 7) is 1.73. The summed E-state index contributed by atoms with van der Waals surface area (Å²) in [6, 6.07) is 1.73. The van der Waals surface area contributed by atoms with Gasteiger partial charge in [0, 0.05) is 13.1 Å². The van der Waals surface area contributed by atoms with Crippen molar-refractivity contribution >= 4 is 5.82 Å². The molecular formula is C13H17N5O2. The molecule has 0 saturated heterocycles. The highest BCUT2D eigenvalue weighted by Gasteiger charge is 2.42. The van der Waals surface area contributed by atoms with E-state index in [0.717, 1.165) is 19.3 Å². The van der Waals surface area contributed by atoms with Crippen LogP contribution in [-0.2, 0) is 5.60 Å². The highest BCUT2D eigenvalue weighted by atomic mass is 16.5. The quantitative estimate of drug-likeness (QED) is 0.874. The molecule has 2 heterocycles. The van der Waals surface area contributed by atoms with Crippen molar-refractivity contribution in [3.05, 3.63) is 18.3 Å². The van der Waals surface area contributed by atoms with Gasteiger partial charge in [0.2, 0.25) is 5.82 Å². The number of nitrogens with one attached hydrogen (secondary N) is 1. The van der Waals surface area contributed by atoms with Gasteiger partial charge >= 0.3 is 0 Å². The van der Waals surface area contributed by atoms with E-state index < -0.39 is 5.60 Å². The SMILES string of the molecule is CNc1cc(-c2noc(C(C)(O)C3CCC3)n2)ncn1. The van der Waals surface area contributed by atoms with Crippen molar-refractivity contribution in [1.82, 2.24) is 20.1 Å². The van der Waals surface area contributed by atoms with Gasteiger partial charge in [-0.15, -0.1) is 0 Å². The zero-order chi connectivity index (χ0) is 14.2. The fourth-order valence-corrected chi connectivity index (χ4v) is 2.29. The maximum absolute atomic E-state index is 10.5. The first kappa shape index (κ1) is 13.0. The van der Waals surface area contributed by atoms with Crippen LogP contribution in [0, 0.1) is 5.92 Å². The first-order chi connectivity index (χ1) is 9.61. The zero-order valence-electron chi connectivity index (χ0n) is 11.5. The second-order valence-corrected chi connectivity index (χ2v) is 5.24. The topological polar surface area (TPSA) is 97.0 Å². The molecule has 0 amide bonds. The van der Waals surface area contributed by atoms with Crippen molar-refractivity contribution in [2.24, 2.45) is 5.92 Å². The van der Waals surface area contributed by atoms with E-state index in [4.69, 9.17) is 4.52 Å². The first-order valence-electron chi connectivity index (χ1n) is 6.68. The van der Waals surface area contributed by atoms with Crippen molar-refractivity contribution < 1.29 is 9.63 Å². The molecule has 0 spiro atoms. The summed E-state index contributed by atoms with van der Waals surface area (Å²) in [5.74, 6) is 1.47. The fraction of sp³-hybridized carbons (Fsp3) is 0.538. The summed E-state index contributed by atoms with van der Waals surface area (Å²) >= 11 is 0. The molecule has 7 nitrogen and oxygen atoms in total. The molecule has 1 atom stereocenters. The van der Waals surface area contributed by atoms with E-state index in [0.29, 0.717) is 17.3 Å². The van der Waals surface area contributed by atoms with Crippen LogP contribution < -0.4 is 5.32 Å². The molecule has 0 aromatic carbocycles. The third-order valence-electron chi connectivity index (χ3n) is 3.91. The highest BCUT2D eigenvalue weighted by molar-refractivity contribution is 5.53. The van der Waals surface area contributed by atoms with Crippen LogP contribution >= 0.6 is 0 Å². The number of rotatable bonds is 4. The monoisotopic (exact) mass is 275 g/mol. The Morgan fingerprint density at radius 1 is 1.40 bits per heavy atom. The van der Waals surface area contributed by atoms with Crippen LogP contribution in [0.1, 0.15) is 32.1 Å². The lowest BCUT2D eigenvalue weighted by atomic mass is 9.73. The Morgan fingerprint density at radius 3 is 2.85 bits per heavy atom. The minimum atomic E-state index is -1.07. The molecule has 20 heavy (non-hydrogen) atoms. The molecule has 106 valence electrons. The van der Waals surface area contributed by atoms with Crippen LogP contribution in [0.3, 0.4) is 0 Å². The van der Waals surface area contributed by atoms with Crippen molar-refractivity contribution in [2.75, 3.05) is 12.4 Å².